The van der Waals surface area contributed by atoms with Gasteiger partial charge in [-0.15, -0.1) is 0 Å². The SMILES string of the molecule is O=C(C1CC1)N1CCC(CNc2ccc(C(F)(F)F)cc2[N+](=O)[O-])C1. The molecule has 1 atom stereocenters. The first-order valence-corrected chi connectivity index (χ1v) is 8.14. The molecule has 1 aromatic carbocycles. The van der Waals surface area contributed by atoms with Crippen molar-refractivity contribution in [3.8, 4) is 0 Å². The fourth-order valence-corrected chi connectivity index (χ4v) is 3.05. The Hall–Kier alpha value is -2.32. The number of halogens is 3. The number of nitro benzene ring substituents is 1. The summed E-state index contributed by atoms with van der Waals surface area (Å²) < 4.78 is 38.1. The number of alkyl halides is 3. The molecule has 0 bridgehead atoms. The zero-order valence-electron chi connectivity index (χ0n) is 13.4. The van der Waals surface area contributed by atoms with Crippen LogP contribution in [0.2, 0.25) is 0 Å². The van der Waals surface area contributed by atoms with Gasteiger partial charge in [0.05, 0.1) is 10.5 Å². The van der Waals surface area contributed by atoms with Gasteiger partial charge in [0.1, 0.15) is 5.69 Å². The number of nitrogens with one attached hydrogen (secondary N) is 1. The molecule has 0 aromatic heterocycles. The summed E-state index contributed by atoms with van der Waals surface area (Å²) >= 11 is 0. The van der Waals surface area contributed by atoms with Crippen molar-refractivity contribution in [3.63, 3.8) is 0 Å². The molecule has 6 nitrogen and oxygen atoms in total. The summed E-state index contributed by atoms with van der Waals surface area (Å²) in [5.74, 6) is 0.454. The van der Waals surface area contributed by atoms with Crippen LogP contribution in [-0.4, -0.2) is 35.4 Å². The molecule has 1 saturated carbocycles. The van der Waals surface area contributed by atoms with Crippen LogP contribution in [0.3, 0.4) is 0 Å². The van der Waals surface area contributed by atoms with Gasteiger partial charge in [0.25, 0.3) is 5.69 Å². The Balaban J connectivity index is 1.63. The molecule has 2 fully saturated rings. The second-order valence-electron chi connectivity index (χ2n) is 6.58. The fraction of sp³-hybridized carbons (Fsp3) is 0.562. The van der Waals surface area contributed by atoms with Gasteiger partial charge in [0.2, 0.25) is 5.91 Å². The van der Waals surface area contributed by atoms with Crippen molar-refractivity contribution in [2.24, 2.45) is 11.8 Å². The van der Waals surface area contributed by atoms with Gasteiger partial charge in [-0.2, -0.15) is 13.2 Å². The molecule has 1 heterocycles. The largest absolute Gasteiger partial charge is 0.416 e. The van der Waals surface area contributed by atoms with Crippen molar-refractivity contribution < 1.29 is 22.9 Å². The van der Waals surface area contributed by atoms with Gasteiger partial charge in [-0.3, -0.25) is 14.9 Å². The van der Waals surface area contributed by atoms with Crippen LogP contribution in [0, 0.1) is 22.0 Å². The van der Waals surface area contributed by atoms with E-state index in [1.165, 1.54) is 0 Å². The number of anilines is 1. The fourth-order valence-electron chi connectivity index (χ4n) is 3.05. The standard InChI is InChI=1S/C16H18F3N3O3/c17-16(18,19)12-3-4-13(14(7-12)22(24)25)20-8-10-5-6-21(9-10)15(23)11-1-2-11/h3-4,7,10-11,20H,1-2,5-6,8-9H2. The van der Waals surface area contributed by atoms with Crippen LogP contribution in [0.15, 0.2) is 18.2 Å². The lowest BCUT2D eigenvalue weighted by Crippen LogP contribution is -2.30. The molecule has 25 heavy (non-hydrogen) atoms. The highest BCUT2D eigenvalue weighted by Crippen LogP contribution is 2.36. The highest BCUT2D eigenvalue weighted by Gasteiger charge is 2.37. The number of hydrogen-bond acceptors (Lipinski definition) is 4. The van der Waals surface area contributed by atoms with E-state index in [-0.39, 0.29) is 23.4 Å². The number of nitro groups is 1. The van der Waals surface area contributed by atoms with Gasteiger partial charge in [0, 0.05) is 31.6 Å². The number of benzene rings is 1. The number of nitrogens with zero attached hydrogens (tertiary/aromatic N) is 2. The minimum Gasteiger partial charge on any atom is -0.379 e. The molecule has 1 aliphatic heterocycles. The van der Waals surface area contributed by atoms with E-state index in [0.717, 1.165) is 31.4 Å². The molecule has 0 radical (unpaired) electrons. The van der Waals surface area contributed by atoms with Crippen molar-refractivity contribution in [1.82, 2.24) is 4.90 Å². The Bertz CT molecular complexity index is 689. The minimum atomic E-state index is -4.63. The van der Waals surface area contributed by atoms with Gasteiger partial charge in [-0.05, 0) is 37.3 Å². The van der Waals surface area contributed by atoms with Crippen molar-refractivity contribution in [2.45, 2.75) is 25.4 Å². The average Bonchev–Trinajstić information content (AvgIpc) is 3.29. The van der Waals surface area contributed by atoms with Gasteiger partial charge in [0.15, 0.2) is 0 Å². The van der Waals surface area contributed by atoms with Gasteiger partial charge in [-0.1, -0.05) is 0 Å². The summed E-state index contributed by atoms with van der Waals surface area (Å²) in [6.07, 6.45) is -1.97. The molecule has 1 amide bonds. The summed E-state index contributed by atoms with van der Waals surface area (Å²) in [5, 5.41) is 13.9. The Kier molecular flexibility index (Phi) is 4.57. The Labute approximate surface area is 142 Å². The second-order valence-corrected chi connectivity index (χ2v) is 6.58. The van der Waals surface area contributed by atoms with Crippen LogP contribution in [0.1, 0.15) is 24.8 Å². The summed E-state index contributed by atoms with van der Waals surface area (Å²) in [7, 11) is 0. The number of hydrogen-bond donors (Lipinski definition) is 1. The first-order valence-electron chi connectivity index (χ1n) is 8.14. The molecule has 2 aliphatic rings. The highest BCUT2D eigenvalue weighted by atomic mass is 19.4. The summed E-state index contributed by atoms with van der Waals surface area (Å²) in [5.41, 5.74) is -1.59. The molecule has 1 aliphatic carbocycles. The van der Waals surface area contributed by atoms with E-state index < -0.39 is 22.4 Å². The Morgan fingerprint density at radius 1 is 1.32 bits per heavy atom. The smallest absolute Gasteiger partial charge is 0.379 e. The predicted molar refractivity (Wildman–Crippen MR) is 84.0 cm³/mol. The van der Waals surface area contributed by atoms with E-state index in [4.69, 9.17) is 0 Å². The summed E-state index contributed by atoms with van der Waals surface area (Å²) in [6.45, 7) is 1.62. The van der Waals surface area contributed by atoms with E-state index in [9.17, 15) is 28.1 Å². The van der Waals surface area contributed by atoms with Gasteiger partial charge >= 0.3 is 6.18 Å². The lowest BCUT2D eigenvalue weighted by atomic mass is 10.1. The van der Waals surface area contributed by atoms with E-state index in [2.05, 4.69) is 5.32 Å². The number of amides is 1. The van der Waals surface area contributed by atoms with Crippen molar-refractivity contribution >= 4 is 17.3 Å². The Morgan fingerprint density at radius 2 is 2.04 bits per heavy atom. The third kappa shape index (κ3) is 4.02. The molecule has 1 N–H and O–H groups in total. The lowest BCUT2D eigenvalue weighted by Gasteiger charge is -2.17. The number of likely N-dealkylation sites (tertiary alicyclic amines) is 1. The van der Waals surface area contributed by atoms with Crippen LogP contribution >= 0.6 is 0 Å². The molecule has 9 heteroatoms. The minimum absolute atomic E-state index is 0.0602. The normalized spacial score (nSPS) is 20.6. The quantitative estimate of drug-likeness (QED) is 0.648. The van der Waals surface area contributed by atoms with Crippen LogP contribution in [0.25, 0.3) is 0 Å². The van der Waals surface area contributed by atoms with Gasteiger partial charge < -0.3 is 10.2 Å². The van der Waals surface area contributed by atoms with E-state index in [0.29, 0.717) is 25.7 Å². The summed E-state index contributed by atoms with van der Waals surface area (Å²) in [4.78, 5) is 24.1. The maximum Gasteiger partial charge on any atom is 0.416 e. The van der Waals surface area contributed by atoms with Crippen molar-refractivity contribution in [2.75, 3.05) is 25.0 Å². The zero-order chi connectivity index (χ0) is 18.2. The third-order valence-corrected chi connectivity index (χ3v) is 4.63. The predicted octanol–water partition coefficient (Wildman–Crippen LogP) is 3.28. The lowest BCUT2D eigenvalue weighted by molar-refractivity contribution is -0.384. The first-order chi connectivity index (χ1) is 11.8. The van der Waals surface area contributed by atoms with Crippen LogP contribution in [0.5, 0.6) is 0 Å². The molecular weight excluding hydrogens is 339 g/mol. The number of carbonyl (C=O) groups is 1. The van der Waals surface area contributed by atoms with Crippen LogP contribution in [0.4, 0.5) is 24.5 Å². The highest BCUT2D eigenvalue weighted by molar-refractivity contribution is 5.81. The molecule has 136 valence electrons. The first kappa shape index (κ1) is 17.5. The molecular formula is C16H18F3N3O3. The molecule has 1 aromatic rings. The van der Waals surface area contributed by atoms with Crippen molar-refractivity contribution in [1.29, 1.82) is 0 Å². The van der Waals surface area contributed by atoms with E-state index >= 15 is 0 Å². The van der Waals surface area contributed by atoms with Gasteiger partial charge in [-0.25, -0.2) is 0 Å². The molecule has 1 saturated heterocycles. The number of rotatable bonds is 5. The van der Waals surface area contributed by atoms with E-state index in [1.54, 1.807) is 0 Å². The molecule has 3 rings (SSSR count). The van der Waals surface area contributed by atoms with Crippen LogP contribution in [-0.2, 0) is 11.0 Å². The maximum absolute atomic E-state index is 12.7. The summed E-state index contributed by atoms with van der Waals surface area (Å²) in [6, 6.07) is 2.45. The maximum atomic E-state index is 12.7. The van der Waals surface area contributed by atoms with Crippen LogP contribution < -0.4 is 5.32 Å². The zero-order valence-corrected chi connectivity index (χ0v) is 13.4. The Morgan fingerprint density at radius 3 is 2.64 bits per heavy atom. The number of carbonyl (C=O) groups excluding carboxylic acids is 1. The molecule has 1 unspecified atom stereocenters. The van der Waals surface area contributed by atoms with Crippen molar-refractivity contribution in [3.05, 3.63) is 33.9 Å². The topological polar surface area (TPSA) is 75.5 Å². The third-order valence-electron chi connectivity index (χ3n) is 4.63. The second kappa shape index (κ2) is 6.53. The average molecular weight is 357 g/mol. The van der Waals surface area contributed by atoms with E-state index in [1.807, 2.05) is 4.90 Å². The monoisotopic (exact) mass is 357 g/mol. The molecule has 0 spiro atoms.